The number of hydrogen-bond donors (Lipinski definition) is 2. The molecular weight excluding hydrogens is 267 g/mol. The second-order valence-corrected chi connectivity index (χ2v) is 6.61. The van der Waals surface area contributed by atoms with Crippen molar-refractivity contribution < 1.29 is 9.18 Å². The molecule has 0 aliphatic carbocycles. The van der Waals surface area contributed by atoms with Crippen molar-refractivity contribution in [1.29, 1.82) is 0 Å². The summed E-state index contributed by atoms with van der Waals surface area (Å²) in [6, 6.07) is 5.56. The number of nitrogens with one attached hydrogen (secondary N) is 1. The van der Waals surface area contributed by atoms with E-state index in [1.807, 2.05) is 20.8 Å². The van der Waals surface area contributed by atoms with E-state index in [9.17, 15) is 9.18 Å². The SMILES string of the molecule is CCCCC(N)C(=O)NC(c1ccc(F)cc1)C(C)(C)C. The molecule has 118 valence electrons. The second kappa shape index (κ2) is 7.55. The van der Waals surface area contributed by atoms with Crippen molar-refractivity contribution in [3.63, 3.8) is 0 Å². The summed E-state index contributed by atoms with van der Waals surface area (Å²) in [6.45, 7) is 8.19. The molecule has 1 aromatic rings. The number of nitrogens with two attached hydrogens (primary N) is 1. The van der Waals surface area contributed by atoms with Crippen molar-refractivity contribution in [3.8, 4) is 0 Å². The fourth-order valence-electron chi connectivity index (χ4n) is 2.26. The zero-order valence-electron chi connectivity index (χ0n) is 13.4. The van der Waals surface area contributed by atoms with Gasteiger partial charge in [0.2, 0.25) is 5.91 Å². The summed E-state index contributed by atoms with van der Waals surface area (Å²) >= 11 is 0. The van der Waals surface area contributed by atoms with Crippen LogP contribution in [0.1, 0.15) is 58.6 Å². The summed E-state index contributed by atoms with van der Waals surface area (Å²) in [5, 5.41) is 3.01. The van der Waals surface area contributed by atoms with Gasteiger partial charge in [-0.2, -0.15) is 0 Å². The largest absolute Gasteiger partial charge is 0.347 e. The molecular formula is C17H27FN2O. The number of benzene rings is 1. The predicted molar refractivity (Wildman–Crippen MR) is 84.2 cm³/mol. The molecule has 0 heterocycles. The van der Waals surface area contributed by atoms with Crippen LogP contribution >= 0.6 is 0 Å². The number of unbranched alkanes of at least 4 members (excludes halogenated alkanes) is 1. The number of carbonyl (C=O) groups excluding carboxylic acids is 1. The van der Waals surface area contributed by atoms with Crippen LogP contribution in [0.25, 0.3) is 0 Å². The van der Waals surface area contributed by atoms with Crippen molar-refractivity contribution in [2.24, 2.45) is 11.1 Å². The van der Waals surface area contributed by atoms with E-state index >= 15 is 0 Å². The molecule has 21 heavy (non-hydrogen) atoms. The Morgan fingerprint density at radius 1 is 1.29 bits per heavy atom. The van der Waals surface area contributed by atoms with Crippen LogP contribution in [0.15, 0.2) is 24.3 Å². The maximum absolute atomic E-state index is 13.1. The van der Waals surface area contributed by atoms with Crippen LogP contribution in [0.5, 0.6) is 0 Å². The number of halogens is 1. The first-order chi connectivity index (χ1) is 9.75. The van der Waals surface area contributed by atoms with Crippen LogP contribution in [0.3, 0.4) is 0 Å². The van der Waals surface area contributed by atoms with Gasteiger partial charge in [-0.05, 0) is 29.5 Å². The van der Waals surface area contributed by atoms with Gasteiger partial charge in [0.05, 0.1) is 12.1 Å². The maximum Gasteiger partial charge on any atom is 0.237 e. The maximum atomic E-state index is 13.1. The summed E-state index contributed by atoms with van der Waals surface area (Å²) < 4.78 is 13.1. The molecule has 0 bridgehead atoms. The lowest BCUT2D eigenvalue weighted by molar-refractivity contribution is -0.124. The Labute approximate surface area is 127 Å². The van der Waals surface area contributed by atoms with Crippen LogP contribution < -0.4 is 11.1 Å². The Kier molecular flexibility index (Phi) is 6.34. The standard InChI is InChI=1S/C17H27FN2O/c1-5-6-7-14(19)16(21)20-15(17(2,3)4)12-8-10-13(18)11-9-12/h8-11,14-15H,5-7,19H2,1-4H3,(H,20,21). The van der Waals surface area contributed by atoms with Crippen molar-refractivity contribution in [2.75, 3.05) is 0 Å². The van der Waals surface area contributed by atoms with E-state index in [0.29, 0.717) is 6.42 Å². The number of rotatable bonds is 6. The van der Waals surface area contributed by atoms with Gasteiger partial charge in [0.15, 0.2) is 0 Å². The molecule has 0 aromatic heterocycles. The van der Waals surface area contributed by atoms with Crippen molar-refractivity contribution >= 4 is 5.91 Å². The molecule has 2 atom stereocenters. The molecule has 0 saturated heterocycles. The Morgan fingerprint density at radius 3 is 2.33 bits per heavy atom. The first-order valence-electron chi connectivity index (χ1n) is 7.57. The van der Waals surface area contributed by atoms with E-state index in [1.54, 1.807) is 12.1 Å². The molecule has 0 fully saturated rings. The van der Waals surface area contributed by atoms with Gasteiger partial charge in [-0.3, -0.25) is 4.79 Å². The van der Waals surface area contributed by atoms with Gasteiger partial charge in [0.25, 0.3) is 0 Å². The summed E-state index contributed by atoms with van der Waals surface area (Å²) in [5.41, 5.74) is 6.63. The fraction of sp³-hybridized carbons (Fsp3) is 0.588. The van der Waals surface area contributed by atoms with Crippen LogP contribution in [-0.2, 0) is 4.79 Å². The average Bonchev–Trinajstić information content (AvgIpc) is 2.41. The minimum atomic E-state index is -0.491. The highest BCUT2D eigenvalue weighted by Crippen LogP contribution is 2.32. The van der Waals surface area contributed by atoms with Gasteiger partial charge in [0, 0.05) is 0 Å². The highest BCUT2D eigenvalue weighted by atomic mass is 19.1. The van der Waals surface area contributed by atoms with Gasteiger partial charge < -0.3 is 11.1 Å². The topological polar surface area (TPSA) is 55.1 Å². The second-order valence-electron chi connectivity index (χ2n) is 6.61. The van der Waals surface area contributed by atoms with E-state index in [4.69, 9.17) is 5.73 Å². The molecule has 0 aliphatic heterocycles. The lowest BCUT2D eigenvalue weighted by atomic mass is 9.82. The molecule has 4 heteroatoms. The van der Waals surface area contributed by atoms with Gasteiger partial charge in [-0.1, -0.05) is 52.7 Å². The normalized spacial score (nSPS) is 14.6. The van der Waals surface area contributed by atoms with E-state index in [-0.39, 0.29) is 23.2 Å². The third-order valence-electron chi connectivity index (χ3n) is 3.56. The summed E-state index contributed by atoms with van der Waals surface area (Å²) in [7, 11) is 0. The third-order valence-corrected chi connectivity index (χ3v) is 3.56. The average molecular weight is 294 g/mol. The van der Waals surface area contributed by atoms with Crippen LogP contribution in [0.2, 0.25) is 0 Å². The molecule has 0 saturated carbocycles. The Hall–Kier alpha value is -1.42. The molecule has 2 unspecified atom stereocenters. The first-order valence-corrected chi connectivity index (χ1v) is 7.57. The zero-order valence-corrected chi connectivity index (χ0v) is 13.4. The molecule has 1 aromatic carbocycles. The monoisotopic (exact) mass is 294 g/mol. The molecule has 3 N–H and O–H groups in total. The lowest BCUT2D eigenvalue weighted by Gasteiger charge is -2.33. The quantitative estimate of drug-likeness (QED) is 0.843. The van der Waals surface area contributed by atoms with E-state index in [0.717, 1.165) is 18.4 Å². The van der Waals surface area contributed by atoms with Gasteiger partial charge in [-0.25, -0.2) is 4.39 Å². The molecule has 3 nitrogen and oxygen atoms in total. The highest BCUT2D eigenvalue weighted by molar-refractivity contribution is 5.81. The minimum Gasteiger partial charge on any atom is -0.347 e. The highest BCUT2D eigenvalue weighted by Gasteiger charge is 2.29. The van der Waals surface area contributed by atoms with Gasteiger partial charge in [0.1, 0.15) is 5.82 Å². The summed E-state index contributed by atoms with van der Waals surface area (Å²) in [4.78, 5) is 12.2. The molecule has 0 spiro atoms. The fourth-order valence-corrected chi connectivity index (χ4v) is 2.26. The van der Waals surface area contributed by atoms with Crippen molar-refractivity contribution in [3.05, 3.63) is 35.6 Å². The third kappa shape index (κ3) is 5.46. The smallest absolute Gasteiger partial charge is 0.237 e. The van der Waals surface area contributed by atoms with Gasteiger partial charge >= 0.3 is 0 Å². The Balaban J connectivity index is 2.85. The molecule has 0 aliphatic rings. The number of amides is 1. The Bertz CT molecular complexity index is 451. The van der Waals surface area contributed by atoms with Crippen LogP contribution in [-0.4, -0.2) is 11.9 Å². The number of hydrogen-bond acceptors (Lipinski definition) is 2. The molecule has 1 rings (SSSR count). The predicted octanol–water partition coefficient (Wildman–Crippen LogP) is 3.55. The summed E-state index contributed by atoms with van der Waals surface area (Å²) in [5.74, 6) is -0.426. The Morgan fingerprint density at radius 2 is 1.86 bits per heavy atom. The first kappa shape index (κ1) is 17.6. The zero-order chi connectivity index (χ0) is 16.0. The van der Waals surface area contributed by atoms with Gasteiger partial charge in [-0.15, -0.1) is 0 Å². The van der Waals surface area contributed by atoms with Crippen LogP contribution in [0, 0.1) is 11.2 Å². The van der Waals surface area contributed by atoms with Crippen LogP contribution in [0.4, 0.5) is 4.39 Å². The van der Waals surface area contributed by atoms with E-state index in [2.05, 4.69) is 12.2 Å². The molecule has 1 amide bonds. The lowest BCUT2D eigenvalue weighted by Crippen LogP contribution is -2.45. The summed E-state index contributed by atoms with van der Waals surface area (Å²) in [6.07, 6.45) is 2.63. The number of carbonyl (C=O) groups is 1. The minimum absolute atomic E-state index is 0.146. The van der Waals surface area contributed by atoms with Crippen molar-refractivity contribution in [1.82, 2.24) is 5.32 Å². The molecule has 0 radical (unpaired) electrons. The van der Waals surface area contributed by atoms with E-state index in [1.165, 1.54) is 12.1 Å². The van der Waals surface area contributed by atoms with Crippen molar-refractivity contribution in [2.45, 2.75) is 59.0 Å². The van der Waals surface area contributed by atoms with E-state index < -0.39 is 6.04 Å².